The van der Waals surface area contributed by atoms with Crippen LogP contribution in [0.2, 0.25) is 0 Å². The lowest BCUT2D eigenvalue weighted by Crippen LogP contribution is -2.42. The smallest absolute Gasteiger partial charge is 0.350 e. The molecule has 2 aromatic carbocycles. The molecule has 29 heavy (non-hydrogen) atoms. The van der Waals surface area contributed by atoms with Gasteiger partial charge in [0.2, 0.25) is 0 Å². The van der Waals surface area contributed by atoms with E-state index in [9.17, 15) is 14.4 Å². The minimum Gasteiger partial charge on any atom is -0.495 e. The summed E-state index contributed by atoms with van der Waals surface area (Å²) in [7, 11) is 1.51. The van der Waals surface area contributed by atoms with Crippen LogP contribution in [-0.4, -0.2) is 30.7 Å². The van der Waals surface area contributed by atoms with E-state index in [4.69, 9.17) is 14.2 Å². The second-order valence-electron chi connectivity index (χ2n) is 6.58. The highest BCUT2D eigenvalue weighted by Gasteiger charge is 2.39. The number of hydrogen-bond donors (Lipinski definition) is 2. The maximum Gasteiger partial charge on any atom is 0.350 e. The molecule has 0 saturated carbocycles. The average molecular weight is 396 g/mol. The van der Waals surface area contributed by atoms with E-state index in [0.29, 0.717) is 22.7 Å². The van der Waals surface area contributed by atoms with Crippen molar-refractivity contribution in [2.45, 2.75) is 19.6 Å². The highest BCUT2D eigenvalue weighted by Crippen LogP contribution is 2.26. The lowest BCUT2D eigenvalue weighted by molar-refractivity contribution is -0.222. The van der Waals surface area contributed by atoms with Gasteiger partial charge in [-0.2, -0.15) is 0 Å². The molecule has 0 unspecified atom stereocenters. The largest absolute Gasteiger partial charge is 0.495 e. The molecule has 0 radical (unpaired) electrons. The normalized spacial score (nSPS) is 15.1. The predicted octanol–water partition coefficient (Wildman–Crippen LogP) is 3.08. The van der Waals surface area contributed by atoms with Crippen molar-refractivity contribution >= 4 is 29.2 Å². The zero-order valence-corrected chi connectivity index (χ0v) is 16.1. The Labute approximate surface area is 167 Å². The summed E-state index contributed by atoms with van der Waals surface area (Å²) >= 11 is 0. The molecular formula is C21H20N2O6. The molecule has 8 heteroatoms. The summed E-state index contributed by atoms with van der Waals surface area (Å²) < 4.78 is 15.3. The van der Waals surface area contributed by atoms with Crippen LogP contribution in [0.4, 0.5) is 11.4 Å². The van der Waals surface area contributed by atoms with Gasteiger partial charge in [0.05, 0.1) is 24.0 Å². The van der Waals surface area contributed by atoms with Crippen molar-refractivity contribution in [3.63, 3.8) is 0 Å². The van der Waals surface area contributed by atoms with Gasteiger partial charge in [0.25, 0.3) is 11.7 Å². The second-order valence-corrected chi connectivity index (χ2v) is 6.58. The minimum atomic E-state index is -1.32. The van der Waals surface area contributed by atoms with Crippen molar-refractivity contribution in [3.8, 4) is 5.75 Å². The Bertz CT molecular complexity index is 974. The van der Waals surface area contributed by atoms with Gasteiger partial charge >= 0.3 is 11.9 Å². The molecule has 150 valence electrons. The molecule has 2 aromatic rings. The first kappa shape index (κ1) is 19.9. The molecule has 0 aromatic heterocycles. The average Bonchev–Trinajstić information content (AvgIpc) is 2.67. The van der Waals surface area contributed by atoms with Crippen molar-refractivity contribution in [2.24, 2.45) is 0 Å². The zero-order chi connectivity index (χ0) is 21.0. The number of carbonyl (C=O) groups is 3. The van der Waals surface area contributed by atoms with Gasteiger partial charge in [-0.3, -0.25) is 4.79 Å². The van der Waals surface area contributed by atoms with Gasteiger partial charge in [-0.05, 0) is 24.3 Å². The van der Waals surface area contributed by atoms with Gasteiger partial charge in [0.15, 0.2) is 5.57 Å². The molecule has 0 bridgehead atoms. The number of esters is 2. The van der Waals surface area contributed by atoms with E-state index in [1.807, 2.05) is 0 Å². The van der Waals surface area contributed by atoms with Crippen LogP contribution in [0.3, 0.4) is 0 Å². The molecule has 1 heterocycles. The Morgan fingerprint density at radius 1 is 0.966 bits per heavy atom. The van der Waals surface area contributed by atoms with E-state index in [-0.39, 0.29) is 5.57 Å². The third-order valence-corrected chi connectivity index (χ3v) is 4.02. The van der Waals surface area contributed by atoms with E-state index in [2.05, 4.69) is 10.6 Å². The summed E-state index contributed by atoms with van der Waals surface area (Å²) in [5, 5.41) is 5.59. The van der Waals surface area contributed by atoms with Crippen molar-refractivity contribution in [3.05, 3.63) is 65.9 Å². The van der Waals surface area contributed by atoms with Gasteiger partial charge < -0.3 is 24.8 Å². The third-order valence-electron chi connectivity index (χ3n) is 4.02. The van der Waals surface area contributed by atoms with E-state index in [1.165, 1.54) is 21.0 Å². The predicted molar refractivity (Wildman–Crippen MR) is 105 cm³/mol. The quantitative estimate of drug-likeness (QED) is 0.455. The van der Waals surface area contributed by atoms with Crippen LogP contribution >= 0.6 is 0 Å². The van der Waals surface area contributed by atoms with Crippen LogP contribution in [0.1, 0.15) is 24.2 Å². The Hall–Kier alpha value is -3.81. The Kier molecular flexibility index (Phi) is 5.54. The molecule has 3 rings (SSSR count). The minimum absolute atomic E-state index is 0.299. The Morgan fingerprint density at radius 3 is 2.21 bits per heavy atom. The molecule has 1 aliphatic heterocycles. The lowest BCUT2D eigenvalue weighted by Gasteiger charge is -2.29. The van der Waals surface area contributed by atoms with E-state index in [1.54, 1.807) is 48.5 Å². The van der Waals surface area contributed by atoms with E-state index < -0.39 is 23.6 Å². The van der Waals surface area contributed by atoms with Gasteiger partial charge in [-0.15, -0.1) is 0 Å². The Morgan fingerprint density at radius 2 is 1.55 bits per heavy atom. The first-order valence-electron chi connectivity index (χ1n) is 8.77. The van der Waals surface area contributed by atoms with Crippen molar-refractivity contribution in [1.29, 1.82) is 0 Å². The van der Waals surface area contributed by atoms with Gasteiger partial charge in [0, 0.05) is 20.0 Å². The van der Waals surface area contributed by atoms with Crippen molar-refractivity contribution < 1.29 is 28.6 Å². The summed E-state index contributed by atoms with van der Waals surface area (Å²) in [6.45, 7) is 2.93. The fraction of sp³-hybridized carbons (Fsp3) is 0.190. The fourth-order valence-corrected chi connectivity index (χ4v) is 2.67. The summed E-state index contributed by atoms with van der Waals surface area (Å²) in [5.41, 5.74) is 0.894. The molecule has 1 aliphatic rings. The first-order chi connectivity index (χ1) is 13.8. The number of cyclic esters (lactones) is 2. The SMILES string of the molecule is COc1ccccc1NC(=O)c1ccccc1NC=C1C(=O)OC(C)(C)OC1=O. The standard InChI is InChI=1S/C21H20N2O6/c1-21(2)28-19(25)14(20(26)29-21)12-22-15-9-5-4-8-13(15)18(24)23-16-10-6-7-11-17(16)27-3/h4-12,22H,1-3H3,(H,23,24). The topological polar surface area (TPSA) is 103 Å². The number of rotatable bonds is 5. The lowest BCUT2D eigenvalue weighted by atomic mass is 10.1. The molecule has 0 atom stereocenters. The number of nitrogens with one attached hydrogen (secondary N) is 2. The summed E-state index contributed by atoms with van der Waals surface area (Å²) in [6.07, 6.45) is 1.16. The number of benzene rings is 2. The number of amides is 1. The van der Waals surface area contributed by atoms with Gasteiger partial charge in [0.1, 0.15) is 5.75 Å². The van der Waals surface area contributed by atoms with Crippen LogP contribution in [0, 0.1) is 0 Å². The van der Waals surface area contributed by atoms with Gasteiger partial charge in [-0.25, -0.2) is 9.59 Å². The molecule has 0 spiro atoms. The maximum absolute atomic E-state index is 12.8. The van der Waals surface area contributed by atoms with Crippen LogP contribution in [0.5, 0.6) is 5.75 Å². The Balaban J connectivity index is 1.81. The highest BCUT2D eigenvalue weighted by molar-refractivity contribution is 6.15. The van der Waals surface area contributed by atoms with E-state index in [0.717, 1.165) is 6.20 Å². The molecule has 1 amide bonds. The van der Waals surface area contributed by atoms with E-state index >= 15 is 0 Å². The van der Waals surface area contributed by atoms with Crippen molar-refractivity contribution in [1.82, 2.24) is 0 Å². The zero-order valence-electron chi connectivity index (χ0n) is 16.1. The van der Waals surface area contributed by atoms with Gasteiger partial charge in [-0.1, -0.05) is 24.3 Å². The number of para-hydroxylation sites is 3. The summed E-state index contributed by atoms with van der Waals surface area (Å²) in [6, 6.07) is 13.6. The molecule has 2 N–H and O–H groups in total. The summed E-state index contributed by atoms with van der Waals surface area (Å²) in [5.74, 6) is -2.82. The number of methoxy groups -OCH3 is 1. The van der Waals surface area contributed by atoms with Crippen LogP contribution in [0.25, 0.3) is 0 Å². The maximum atomic E-state index is 12.8. The number of carbonyl (C=O) groups excluding carboxylic acids is 3. The molecule has 1 fully saturated rings. The van der Waals surface area contributed by atoms with Crippen molar-refractivity contribution in [2.75, 3.05) is 17.7 Å². The molecule has 8 nitrogen and oxygen atoms in total. The monoisotopic (exact) mass is 396 g/mol. The molecule has 0 aliphatic carbocycles. The molecular weight excluding hydrogens is 376 g/mol. The van der Waals surface area contributed by atoms with Crippen LogP contribution in [-0.2, 0) is 19.1 Å². The summed E-state index contributed by atoms with van der Waals surface area (Å²) in [4.78, 5) is 36.9. The molecule has 1 saturated heterocycles. The highest BCUT2D eigenvalue weighted by atomic mass is 16.7. The third kappa shape index (κ3) is 4.55. The van der Waals surface area contributed by atoms with Crippen LogP contribution < -0.4 is 15.4 Å². The van der Waals surface area contributed by atoms with Crippen LogP contribution in [0.15, 0.2) is 60.3 Å². The number of hydrogen-bond acceptors (Lipinski definition) is 7. The number of ether oxygens (including phenoxy) is 3. The fourth-order valence-electron chi connectivity index (χ4n) is 2.67. The number of anilines is 2. The first-order valence-corrected chi connectivity index (χ1v) is 8.77. The second kappa shape index (κ2) is 8.05.